The summed E-state index contributed by atoms with van der Waals surface area (Å²) >= 11 is 7.29. The van der Waals surface area contributed by atoms with Crippen LogP contribution in [0, 0.1) is 0 Å². The minimum atomic E-state index is 0.0102. The van der Waals surface area contributed by atoms with Crippen molar-refractivity contribution in [2.45, 2.75) is 11.7 Å². The molecule has 128 valence electrons. The van der Waals surface area contributed by atoms with Crippen molar-refractivity contribution in [1.29, 1.82) is 0 Å². The average Bonchev–Trinajstić information content (AvgIpc) is 3.09. The molecular formula is C18H17ClN4OS. The van der Waals surface area contributed by atoms with Crippen molar-refractivity contribution in [2.24, 2.45) is 0 Å². The number of hydrogen-bond acceptors (Lipinski definition) is 4. The highest BCUT2D eigenvalue weighted by Gasteiger charge is 2.13. The summed E-state index contributed by atoms with van der Waals surface area (Å²) in [5.74, 6) is 0.988. The Bertz CT molecular complexity index is 853. The number of H-pyrrole nitrogens is 1. The lowest BCUT2D eigenvalue weighted by Crippen LogP contribution is -2.27. The number of halogens is 1. The second-order valence-corrected chi connectivity index (χ2v) is 6.88. The van der Waals surface area contributed by atoms with Crippen LogP contribution in [-0.2, 0) is 11.3 Å². The molecule has 0 aliphatic heterocycles. The molecule has 3 rings (SSSR count). The fraction of sp³-hybridized carbons (Fsp3) is 0.167. The molecule has 7 heteroatoms. The molecule has 0 unspecified atom stereocenters. The quantitative estimate of drug-likeness (QED) is 0.667. The molecule has 25 heavy (non-hydrogen) atoms. The number of nitrogens with zero attached hydrogens (tertiary/aromatic N) is 3. The minimum Gasteiger partial charge on any atom is -0.341 e. The Labute approximate surface area is 155 Å². The highest BCUT2D eigenvalue weighted by atomic mass is 35.5. The smallest absolute Gasteiger partial charge is 0.233 e. The third-order valence-electron chi connectivity index (χ3n) is 3.57. The number of rotatable bonds is 6. The van der Waals surface area contributed by atoms with Crippen molar-refractivity contribution in [3.8, 4) is 11.4 Å². The summed E-state index contributed by atoms with van der Waals surface area (Å²) in [6.07, 6.45) is 0. The summed E-state index contributed by atoms with van der Waals surface area (Å²) in [6.45, 7) is 0.517. The summed E-state index contributed by atoms with van der Waals surface area (Å²) in [5.41, 5.74) is 1.96. The lowest BCUT2D eigenvalue weighted by atomic mass is 10.2. The van der Waals surface area contributed by atoms with Crippen molar-refractivity contribution in [3.05, 3.63) is 65.2 Å². The zero-order chi connectivity index (χ0) is 17.6. The van der Waals surface area contributed by atoms with Crippen LogP contribution in [0.25, 0.3) is 11.4 Å². The molecule has 0 fully saturated rings. The van der Waals surface area contributed by atoms with Gasteiger partial charge in [0.2, 0.25) is 11.1 Å². The molecule has 1 amide bonds. The average molecular weight is 373 g/mol. The highest BCUT2D eigenvalue weighted by Crippen LogP contribution is 2.19. The number of carbonyl (C=O) groups is 1. The number of hydrogen-bond donors (Lipinski definition) is 1. The fourth-order valence-corrected chi connectivity index (χ4v) is 3.22. The molecule has 0 spiro atoms. The van der Waals surface area contributed by atoms with Crippen LogP contribution in [0.3, 0.4) is 0 Å². The normalized spacial score (nSPS) is 10.6. The van der Waals surface area contributed by atoms with Crippen molar-refractivity contribution in [2.75, 3.05) is 12.8 Å². The zero-order valence-corrected chi connectivity index (χ0v) is 15.2. The van der Waals surface area contributed by atoms with Crippen LogP contribution in [0.15, 0.2) is 59.8 Å². The van der Waals surface area contributed by atoms with Gasteiger partial charge in [0.1, 0.15) is 0 Å². The van der Waals surface area contributed by atoms with E-state index in [0.29, 0.717) is 22.5 Å². The summed E-state index contributed by atoms with van der Waals surface area (Å²) in [5, 5.41) is 8.28. The van der Waals surface area contributed by atoms with E-state index in [0.717, 1.165) is 11.1 Å². The van der Waals surface area contributed by atoms with Gasteiger partial charge in [0.05, 0.1) is 5.75 Å². The fourth-order valence-electron chi connectivity index (χ4n) is 2.27. The Balaban J connectivity index is 1.54. The number of benzene rings is 2. The van der Waals surface area contributed by atoms with E-state index in [4.69, 9.17) is 11.6 Å². The van der Waals surface area contributed by atoms with Gasteiger partial charge in [-0.25, -0.2) is 4.98 Å². The first kappa shape index (κ1) is 17.5. The van der Waals surface area contributed by atoms with Crippen molar-refractivity contribution >= 4 is 29.3 Å². The van der Waals surface area contributed by atoms with Crippen LogP contribution in [0.2, 0.25) is 5.02 Å². The van der Waals surface area contributed by atoms with Gasteiger partial charge in [-0.05, 0) is 17.7 Å². The number of nitrogens with one attached hydrogen (secondary N) is 1. The van der Waals surface area contributed by atoms with Gasteiger partial charge in [0.25, 0.3) is 0 Å². The first-order valence-corrected chi connectivity index (χ1v) is 9.07. The third-order valence-corrected chi connectivity index (χ3v) is 4.64. The summed E-state index contributed by atoms with van der Waals surface area (Å²) in [4.78, 5) is 18.4. The van der Waals surface area contributed by atoms with E-state index in [1.807, 2.05) is 54.6 Å². The number of aromatic amines is 1. The van der Waals surface area contributed by atoms with Gasteiger partial charge in [-0.2, -0.15) is 0 Å². The number of aromatic nitrogens is 3. The Hall–Kier alpha value is -2.31. The molecule has 0 aliphatic carbocycles. The van der Waals surface area contributed by atoms with Gasteiger partial charge in [0.15, 0.2) is 5.82 Å². The zero-order valence-electron chi connectivity index (χ0n) is 13.6. The largest absolute Gasteiger partial charge is 0.341 e. The summed E-state index contributed by atoms with van der Waals surface area (Å²) in [6, 6.07) is 17.3. The summed E-state index contributed by atoms with van der Waals surface area (Å²) < 4.78 is 0. The molecule has 1 N–H and O–H groups in total. The van der Waals surface area contributed by atoms with Crippen molar-refractivity contribution in [1.82, 2.24) is 20.1 Å². The van der Waals surface area contributed by atoms with Gasteiger partial charge in [0, 0.05) is 24.2 Å². The van der Waals surface area contributed by atoms with Crippen LogP contribution in [0.4, 0.5) is 0 Å². The van der Waals surface area contributed by atoms with E-state index < -0.39 is 0 Å². The maximum atomic E-state index is 12.3. The van der Waals surface area contributed by atoms with Crippen LogP contribution in [-0.4, -0.2) is 38.8 Å². The molecule has 0 saturated heterocycles. The molecule has 2 aromatic carbocycles. The summed E-state index contributed by atoms with van der Waals surface area (Å²) in [7, 11) is 1.77. The monoisotopic (exact) mass is 372 g/mol. The molecule has 0 radical (unpaired) electrons. The van der Waals surface area contributed by atoms with E-state index in [9.17, 15) is 4.79 Å². The predicted octanol–water partition coefficient (Wildman–Crippen LogP) is 3.88. The lowest BCUT2D eigenvalue weighted by molar-refractivity contribution is -0.127. The van der Waals surface area contributed by atoms with E-state index in [-0.39, 0.29) is 11.7 Å². The number of carbonyl (C=O) groups excluding carboxylic acids is 1. The standard InChI is InChI=1S/C18H17ClN4OS/c1-23(11-13-6-5-9-15(19)10-13)16(24)12-25-18-20-17(21-22-18)14-7-3-2-4-8-14/h2-10H,11-12H2,1H3,(H,20,21,22). The minimum absolute atomic E-state index is 0.0102. The molecule has 1 aromatic heterocycles. The highest BCUT2D eigenvalue weighted by molar-refractivity contribution is 7.99. The van der Waals surface area contributed by atoms with E-state index >= 15 is 0 Å². The predicted molar refractivity (Wildman–Crippen MR) is 100 cm³/mol. The Kier molecular flexibility index (Phi) is 5.73. The molecule has 5 nitrogen and oxygen atoms in total. The molecule has 1 heterocycles. The van der Waals surface area contributed by atoms with Crippen LogP contribution >= 0.6 is 23.4 Å². The third kappa shape index (κ3) is 4.84. The van der Waals surface area contributed by atoms with E-state index in [1.165, 1.54) is 11.8 Å². The van der Waals surface area contributed by atoms with Crippen molar-refractivity contribution in [3.63, 3.8) is 0 Å². The maximum Gasteiger partial charge on any atom is 0.233 e. The second kappa shape index (κ2) is 8.18. The molecule has 3 aromatic rings. The molecule has 0 aliphatic rings. The number of amides is 1. The van der Waals surface area contributed by atoms with E-state index in [2.05, 4.69) is 15.2 Å². The van der Waals surface area contributed by atoms with Gasteiger partial charge < -0.3 is 4.90 Å². The topological polar surface area (TPSA) is 61.9 Å². The van der Waals surface area contributed by atoms with E-state index in [1.54, 1.807) is 11.9 Å². The van der Waals surface area contributed by atoms with Gasteiger partial charge in [-0.15, -0.1) is 5.10 Å². The second-order valence-electron chi connectivity index (χ2n) is 5.50. The van der Waals surface area contributed by atoms with Crippen LogP contribution < -0.4 is 0 Å². The first-order valence-electron chi connectivity index (χ1n) is 7.71. The maximum absolute atomic E-state index is 12.3. The number of thioether (sulfide) groups is 1. The lowest BCUT2D eigenvalue weighted by Gasteiger charge is -2.16. The van der Waals surface area contributed by atoms with Crippen LogP contribution in [0.5, 0.6) is 0 Å². The Morgan fingerprint density at radius 1 is 1.20 bits per heavy atom. The Morgan fingerprint density at radius 3 is 2.76 bits per heavy atom. The van der Waals surface area contributed by atoms with Crippen molar-refractivity contribution < 1.29 is 4.79 Å². The first-order chi connectivity index (χ1) is 12.1. The molecule has 0 saturated carbocycles. The van der Waals surface area contributed by atoms with Crippen LogP contribution in [0.1, 0.15) is 5.56 Å². The Morgan fingerprint density at radius 2 is 2.00 bits per heavy atom. The van der Waals surface area contributed by atoms with Gasteiger partial charge in [-0.3, -0.25) is 9.89 Å². The molecule has 0 bridgehead atoms. The molecule has 0 atom stereocenters. The van der Waals surface area contributed by atoms with Gasteiger partial charge >= 0.3 is 0 Å². The SMILES string of the molecule is CN(Cc1cccc(Cl)c1)C(=O)CSc1n[nH]c(-c2ccccc2)n1. The molecular weight excluding hydrogens is 356 g/mol. The van der Waals surface area contributed by atoms with Gasteiger partial charge in [-0.1, -0.05) is 65.8 Å².